The maximum absolute atomic E-state index is 11.7. The molecule has 100 valence electrons. The zero-order valence-electron chi connectivity index (χ0n) is 11.2. The Kier molecular flexibility index (Phi) is 6.16. The van der Waals surface area contributed by atoms with Crippen molar-refractivity contribution in [3.8, 4) is 0 Å². The molecule has 1 aromatic rings. The minimum Gasteiger partial charge on any atom is -0.355 e. The van der Waals surface area contributed by atoms with Gasteiger partial charge in [-0.25, -0.2) is 0 Å². The van der Waals surface area contributed by atoms with Crippen molar-refractivity contribution < 1.29 is 4.79 Å². The molecule has 1 amide bonds. The Morgan fingerprint density at radius 3 is 2.50 bits per heavy atom. The van der Waals surface area contributed by atoms with E-state index in [9.17, 15) is 4.79 Å². The first kappa shape index (κ1) is 15.0. The topological polar surface area (TPSA) is 32.3 Å². The number of hydrogen-bond acceptors (Lipinski definition) is 2. The number of benzene rings is 1. The lowest BCUT2D eigenvalue weighted by molar-refractivity contribution is -0.120. The number of carbonyl (C=O) groups is 1. The van der Waals surface area contributed by atoms with E-state index in [4.69, 9.17) is 11.6 Å². The molecule has 0 saturated heterocycles. The van der Waals surface area contributed by atoms with Crippen molar-refractivity contribution in [2.24, 2.45) is 5.92 Å². The maximum atomic E-state index is 11.7. The van der Waals surface area contributed by atoms with Crippen molar-refractivity contribution in [2.75, 3.05) is 27.2 Å². The molecule has 0 aliphatic rings. The highest BCUT2D eigenvalue weighted by Gasteiger charge is 2.07. The highest BCUT2D eigenvalue weighted by atomic mass is 35.5. The molecule has 18 heavy (non-hydrogen) atoms. The zero-order chi connectivity index (χ0) is 13.5. The van der Waals surface area contributed by atoms with Crippen molar-refractivity contribution in [2.45, 2.75) is 13.3 Å². The molecule has 0 unspecified atom stereocenters. The van der Waals surface area contributed by atoms with Crippen LogP contribution in [0.1, 0.15) is 12.5 Å². The highest BCUT2D eigenvalue weighted by molar-refractivity contribution is 6.30. The normalized spacial score (nSPS) is 12.5. The summed E-state index contributed by atoms with van der Waals surface area (Å²) in [5.74, 6) is 0.511. The molecule has 0 saturated carbocycles. The van der Waals surface area contributed by atoms with Crippen molar-refractivity contribution in [1.82, 2.24) is 10.2 Å². The first-order valence-corrected chi connectivity index (χ1v) is 6.51. The summed E-state index contributed by atoms with van der Waals surface area (Å²) in [7, 11) is 4.07. The van der Waals surface area contributed by atoms with E-state index in [-0.39, 0.29) is 5.91 Å². The Balaban J connectivity index is 2.31. The molecule has 1 aromatic carbocycles. The Hall–Kier alpha value is -1.06. The van der Waals surface area contributed by atoms with Gasteiger partial charge in [-0.1, -0.05) is 30.7 Å². The average Bonchev–Trinajstić information content (AvgIpc) is 2.29. The summed E-state index contributed by atoms with van der Waals surface area (Å²) in [4.78, 5) is 13.9. The number of nitrogens with one attached hydrogen (secondary N) is 1. The maximum Gasteiger partial charge on any atom is 0.224 e. The minimum absolute atomic E-state index is 0.0583. The first-order chi connectivity index (χ1) is 8.47. The van der Waals surface area contributed by atoms with Gasteiger partial charge in [0.2, 0.25) is 5.91 Å². The summed E-state index contributed by atoms with van der Waals surface area (Å²) in [6.07, 6.45) is 0.409. The van der Waals surface area contributed by atoms with Crippen LogP contribution in [0.15, 0.2) is 24.3 Å². The largest absolute Gasteiger partial charge is 0.355 e. The van der Waals surface area contributed by atoms with Gasteiger partial charge in [0.25, 0.3) is 0 Å². The van der Waals surface area contributed by atoms with Crippen LogP contribution in [0.25, 0.3) is 0 Å². The second-order valence-corrected chi connectivity index (χ2v) is 5.41. The van der Waals surface area contributed by atoms with Gasteiger partial charge in [0, 0.05) is 18.1 Å². The highest BCUT2D eigenvalue weighted by Crippen LogP contribution is 2.09. The van der Waals surface area contributed by atoms with E-state index in [1.165, 1.54) is 0 Å². The molecular formula is C14H21ClN2O. The van der Waals surface area contributed by atoms with E-state index in [1.54, 1.807) is 12.1 Å². The number of nitrogens with zero attached hydrogens (tertiary/aromatic N) is 1. The number of amides is 1. The number of carbonyl (C=O) groups excluding carboxylic acids is 1. The van der Waals surface area contributed by atoms with Gasteiger partial charge in [0.05, 0.1) is 6.42 Å². The van der Waals surface area contributed by atoms with Crippen molar-refractivity contribution in [3.63, 3.8) is 0 Å². The minimum atomic E-state index is 0.0583. The summed E-state index contributed by atoms with van der Waals surface area (Å²) >= 11 is 5.79. The predicted molar refractivity (Wildman–Crippen MR) is 75.9 cm³/mol. The van der Waals surface area contributed by atoms with Gasteiger partial charge in [-0.3, -0.25) is 4.79 Å². The van der Waals surface area contributed by atoms with Crippen LogP contribution in [0.4, 0.5) is 0 Å². The fraction of sp³-hybridized carbons (Fsp3) is 0.500. The van der Waals surface area contributed by atoms with Crippen molar-refractivity contribution >= 4 is 17.5 Å². The second-order valence-electron chi connectivity index (χ2n) is 4.97. The summed E-state index contributed by atoms with van der Waals surface area (Å²) in [6, 6.07) is 7.37. The molecule has 1 rings (SSSR count). The van der Waals surface area contributed by atoms with E-state index in [2.05, 4.69) is 17.1 Å². The van der Waals surface area contributed by atoms with Crippen LogP contribution in [0, 0.1) is 5.92 Å². The van der Waals surface area contributed by atoms with Gasteiger partial charge >= 0.3 is 0 Å². The Labute approximate surface area is 114 Å². The fourth-order valence-corrected chi connectivity index (χ4v) is 1.95. The smallest absolute Gasteiger partial charge is 0.224 e. The van der Waals surface area contributed by atoms with Crippen molar-refractivity contribution in [3.05, 3.63) is 34.9 Å². The van der Waals surface area contributed by atoms with E-state index >= 15 is 0 Å². The van der Waals surface area contributed by atoms with E-state index < -0.39 is 0 Å². The van der Waals surface area contributed by atoms with Crippen LogP contribution in [0.2, 0.25) is 5.02 Å². The van der Waals surface area contributed by atoms with Gasteiger partial charge in [-0.15, -0.1) is 0 Å². The number of hydrogen-bond donors (Lipinski definition) is 1. The summed E-state index contributed by atoms with van der Waals surface area (Å²) in [5, 5.41) is 3.65. The van der Waals surface area contributed by atoms with Crippen LogP contribution >= 0.6 is 11.6 Å². The third kappa shape index (κ3) is 6.03. The van der Waals surface area contributed by atoms with Gasteiger partial charge in [-0.2, -0.15) is 0 Å². The molecular weight excluding hydrogens is 248 g/mol. The monoisotopic (exact) mass is 268 g/mol. The lowest BCUT2D eigenvalue weighted by Gasteiger charge is -2.17. The zero-order valence-corrected chi connectivity index (χ0v) is 12.0. The quantitative estimate of drug-likeness (QED) is 0.858. The average molecular weight is 269 g/mol. The molecule has 3 nitrogen and oxygen atoms in total. The van der Waals surface area contributed by atoms with Gasteiger partial charge in [0.1, 0.15) is 0 Å². The van der Waals surface area contributed by atoms with Gasteiger partial charge in [0.15, 0.2) is 0 Å². The standard InChI is InChI=1S/C14H21ClN2O/c1-11(10-17(2)3)9-16-14(18)8-12-4-6-13(15)7-5-12/h4-7,11H,8-10H2,1-3H3,(H,16,18)/t11-/m1/s1. The molecule has 0 aliphatic heterocycles. The molecule has 1 N–H and O–H groups in total. The van der Waals surface area contributed by atoms with Crippen LogP contribution < -0.4 is 5.32 Å². The Morgan fingerprint density at radius 2 is 1.94 bits per heavy atom. The molecule has 0 radical (unpaired) electrons. The Bertz CT molecular complexity index is 376. The van der Waals surface area contributed by atoms with E-state index in [0.29, 0.717) is 23.9 Å². The van der Waals surface area contributed by atoms with Crippen LogP contribution in [0.5, 0.6) is 0 Å². The first-order valence-electron chi connectivity index (χ1n) is 6.13. The Morgan fingerprint density at radius 1 is 1.33 bits per heavy atom. The number of rotatable bonds is 6. The molecule has 0 aliphatic carbocycles. The van der Waals surface area contributed by atoms with Crippen LogP contribution in [-0.2, 0) is 11.2 Å². The number of halogens is 1. The third-order valence-electron chi connectivity index (χ3n) is 2.60. The lowest BCUT2D eigenvalue weighted by atomic mass is 10.1. The summed E-state index contributed by atoms with van der Waals surface area (Å²) in [6.45, 7) is 3.81. The van der Waals surface area contributed by atoms with Crippen LogP contribution in [-0.4, -0.2) is 38.0 Å². The van der Waals surface area contributed by atoms with E-state index in [1.807, 2.05) is 26.2 Å². The molecule has 0 heterocycles. The summed E-state index contributed by atoms with van der Waals surface area (Å²) in [5.41, 5.74) is 0.983. The molecule has 4 heteroatoms. The third-order valence-corrected chi connectivity index (χ3v) is 2.85. The molecule has 1 atom stereocenters. The second kappa shape index (κ2) is 7.39. The van der Waals surface area contributed by atoms with Gasteiger partial charge < -0.3 is 10.2 Å². The van der Waals surface area contributed by atoms with Gasteiger partial charge in [-0.05, 0) is 37.7 Å². The lowest BCUT2D eigenvalue weighted by Crippen LogP contribution is -2.33. The fourth-order valence-electron chi connectivity index (χ4n) is 1.83. The van der Waals surface area contributed by atoms with E-state index in [0.717, 1.165) is 12.1 Å². The molecule has 0 spiro atoms. The molecule has 0 fully saturated rings. The van der Waals surface area contributed by atoms with Crippen molar-refractivity contribution in [1.29, 1.82) is 0 Å². The SMILES string of the molecule is C[C@H](CNC(=O)Cc1ccc(Cl)cc1)CN(C)C. The van der Waals surface area contributed by atoms with Crippen LogP contribution in [0.3, 0.4) is 0 Å². The predicted octanol–water partition coefficient (Wildman–Crippen LogP) is 2.20. The molecule has 0 aromatic heterocycles. The summed E-state index contributed by atoms with van der Waals surface area (Å²) < 4.78 is 0. The molecule has 0 bridgehead atoms.